The third-order valence-corrected chi connectivity index (χ3v) is 2.74. The van der Waals surface area contributed by atoms with Crippen LogP contribution in [0.25, 0.3) is 0 Å². The normalized spacial score (nSPS) is 11.5. The van der Waals surface area contributed by atoms with Crippen LogP contribution in [-0.2, 0) is 0 Å². The van der Waals surface area contributed by atoms with Crippen molar-refractivity contribution in [1.82, 2.24) is 0 Å². The van der Waals surface area contributed by atoms with E-state index in [0.717, 1.165) is 15.9 Å². The van der Waals surface area contributed by atoms with Crippen molar-refractivity contribution in [3.63, 3.8) is 0 Å². The Kier molecular flexibility index (Phi) is 3.45. The minimum absolute atomic E-state index is 0.655. The molecule has 0 aliphatic heterocycles. The predicted molar refractivity (Wildman–Crippen MR) is 71.1 cm³/mol. The Hall–Kier alpha value is -1.80. The van der Waals surface area contributed by atoms with Gasteiger partial charge in [0.05, 0.1) is 0 Å². The van der Waals surface area contributed by atoms with Crippen molar-refractivity contribution in [2.24, 2.45) is 0 Å². The summed E-state index contributed by atoms with van der Waals surface area (Å²) in [4.78, 5) is 0. The third kappa shape index (κ3) is 2.86. The minimum atomic E-state index is 0.655. The first-order chi connectivity index (χ1) is 8.16. The van der Waals surface area contributed by atoms with Gasteiger partial charge < -0.3 is 5.21 Å². The van der Waals surface area contributed by atoms with Gasteiger partial charge in [0.2, 0.25) is 5.69 Å². The SMILES string of the molecule is Cc1ccccc1[N+]([O-])=Cc1ccc(Cl)cc1. The quantitative estimate of drug-likeness (QED) is 0.341. The molecule has 3 heteroatoms. The fourth-order valence-corrected chi connectivity index (χ4v) is 1.69. The van der Waals surface area contributed by atoms with E-state index in [1.165, 1.54) is 0 Å². The molecule has 0 unspecified atom stereocenters. The Morgan fingerprint density at radius 3 is 2.35 bits per heavy atom. The van der Waals surface area contributed by atoms with Gasteiger partial charge in [-0.3, -0.25) is 0 Å². The van der Waals surface area contributed by atoms with Gasteiger partial charge in [0, 0.05) is 22.2 Å². The highest BCUT2D eigenvalue weighted by molar-refractivity contribution is 6.30. The second kappa shape index (κ2) is 5.02. The summed E-state index contributed by atoms with van der Waals surface area (Å²) >= 11 is 5.78. The molecule has 0 fully saturated rings. The summed E-state index contributed by atoms with van der Waals surface area (Å²) in [6, 6.07) is 14.6. The van der Waals surface area contributed by atoms with Gasteiger partial charge in [-0.2, -0.15) is 4.74 Å². The lowest BCUT2D eigenvalue weighted by Gasteiger charge is -2.05. The molecule has 2 aromatic carbocycles. The van der Waals surface area contributed by atoms with E-state index < -0.39 is 0 Å². The van der Waals surface area contributed by atoms with E-state index in [2.05, 4.69) is 0 Å². The Morgan fingerprint density at radius 1 is 1.06 bits per heavy atom. The largest absolute Gasteiger partial charge is 0.618 e. The van der Waals surface area contributed by atoms with E-state index in [0.29, 0.717) is 10.7 Å². The van der Waals surface area contributed by atoms with E-state index in [1.807, 2.05) is 37.3 Å². The maximum Gasteiger partial charge on any atom is 0.219 e. The summed E-state index contributed by atoms with van der Waals surface area (Å²) in [6.45, 7) is 1.91. The van der Waals surface area contributed by atoms with Gasteiger partial charge >= 0.3 is 0 Å². The lowest BCUT2D eigenvalue weighted by atomic mass is 10.2. The zero-order chi connectivity index (χ0) is 12.3. The molecule has 0 saturated heterocycles. The van der Waals surface area contributed by atoms with Crippen molar-refractivity contribution in [1.29, 1.82) is 0 Å². The van der Waals surface area contributed by atoms with Crippen LogP contribution in [0.15, 0.2) is 48.5 Å². The molecule has 2 aromatic rings. The lowest BCUT2D eigenvalue weighted by Crippen LogP contribution is -2.00. The first-order valence-corrected chi connectivity index (χ1v) is 5.67. The average Bonchev–Trinajstić information content (AvgIpc) is 2.32. The van der Waals surface area contributed by atoms with E-state index in [9.17, 15) is 5.21 Å². The fourth-order valence-electron chi connectivity index (χ4n) is 1.56. The molecular formula is C14H12ClNO. The number of hydrogen-bond acceptors (Lipinski definition) is 1. The molecule has 0 aliphatic rings. The number of aryl methyl sites for hydroxylation is 1. The van der Waals surface area contributed by atoms with Crippen molar-refractivity contribution in [2.45, 2.75) is 6.92 Å². The number of benzene rings is 2. The molecular weight excluding hydrogens is 234 g/mol. The number of para-hydroxylation sites is 1. The lowest BCUT2D eigenvalue weighted by molar-refractivity contribution is -0.355. The molecule has 0 saturated carbocycles. The zero-order valence-electron chi connectivity index (χ0n) is 9.43. The number of nitrogens with zero attached hydrogens (tertiary/aromatic N) is 1. The molecule has 0 heterocycles. The van der Waals surface area contributed by atoms with Gasteiger partial charge in [-0.1, -0.05) is 29.8 Å². The van der Waals surface area contributed by atoms with E-state index >= 15 is 0 Å². The molecule has 17 heavy (non-hydrogen) atoms. The molecule has 0 N–H and O–H groups in total. The fraction of sp³-hybridized carbons (Fsp3) is 0.0714. The van der Waals surface area contributed by atoms with Crippen molar-refractivity contribution in [3.8, 4) is 0 Å². The van der Waals surface area contributed by atoms with Gasteiger partial charge in [0.15, 0.2) is 6.21 Å². The van der Waals surface area contributed by atoms with Crippen LogP contribution in [0.4, 0.5) is 5.69 Å². The highest BCUT2D eigenvalue weighted by Gasteiger charge is 2.04. The molecule has 2 nitrogen and oxygen atoms in total. The maximum absolute atomic E-state index is 11.9. The summed E-state index contributed by atoms with van der Waals surface area (Å²) in [5.41, 5.74) is 2.43. The van der Waals surface area contributed by atoms with Crippen LogP contribution >= 0.6 is 11.6 Å². The second-order valence-electron chi connectivity index (χ2n) is 3.79. The van der Waals surface area contributed by atoms with Crippen LogP contribution in [0.2, 0.25) is 5.02 Å². The maximum atomic E-state index is 11.9. The molecule has 86 valence electrons. The second-order valence-corrected chi connectivity index (χ2v) is 4.23. The van der Waals surface area contributed by atoms with Gasteiger partial charge in [-0.05, 0) is 31.2 Å². The number of rotatable bonds is 2. The summed E-state index contributed by atoms with van der Waals surface area (Å²) < 4.78 is 0.874. The highest BCUT2D eigenvalue weighted by Crippen LogP contribution is 2.16. The molecule has 2 rings (SSSR count). The monoisotopic (exact) mass is 245 g/mol. The van der Waals surface area contributed by atoms with Gasteiger partial charge in [-0.15, -0.1) is 0 Å². The zero-order valence-corrected chi connectivity index (χ0v) is 10.2. The van der Waals surface area contributed by atoms with E-state index in [-0.39, 0.29) is 0 Å². The van der Waals surface area contributed by atoms with Crippen LogP contribution in [0.3, 0.4) is 0 Å². The standard InChI is InChI=1S/C14H12ClNO/c1-11-4-2-3-5-14(11)16(17)10-12-6-8-13(15)9-7-12/h2-10H,1H3. The Balaban J connectivity index is 2.34. The first-order valence-electron chi connectivity index (χ1n) is 5.29. The summed E-state index contributed by atoms with van der Waals surface area (Å²) in [7, 11) is 0. The van der Waals surface area contributed by atoms with Gasteiger partial charge in [-0.25, -0.2) is 0 Å². The highest BCUT2D eigenvalue weighted by atomic mass is 35.5. The van der Waals surface area contributed by atoms with E-state index in [4.69, 9.17) is 11.6 Å². The number of hydrogen-bond donors (Lipinski definition) is 0. The first kappa shape index (κ1) is 11.7. The minimum Gasteiger partial charge on any atom is -0.618 e. The van der Waals surface area contributed by atoms with Crippen molar-refractivity contribution in [3.05, 3.63) is 69.9 Å². The van der Waals surface area contributed by atoms with Crippen LogP contribution in [0.1, 0.15) is 11.1 Å². The van der Waals surface area contributed by atoms with Crippen LogP contribution in [0, 0.1) is 12.1 Å². The predicted octanol–water partition coefficient (Wildman–Crippen LogP) is 3.91. The average molecular weight is 246 g/mol. The molecule has 0 spiro atoms. The molecule has 0 bridgehead atoms. The summed E-state index contributed by atoms with van der Waals surface area (Å²) in [5.74, 6) is 0. The Bertz CT molecular complexity index is 546. The van der Waals surface area contributed by atoms with Gasteiger partial charge in [0.25, 0.3) is 0 Å². The number of halogens is 1. The van der Waals surface area contributed by atoms with Crippen LogP contribution < -0.4 is 0 Å². The molecule has 0 aromatic heterocycles. The molecule has 0 aliphatic carbocycles. The molecule has 0 amide bonds. The summed E-state index contributed by atoms with van der Waals surface area (Å²) in [5, 5.41) is 12.6. The molecule has 0 atom stereocenters. The van der Waals surface area contributed by atoms with Crippen molar-refractivity contribution in [2.75, 3.05) is 0 Å². The summed E-state index contributed by atoms with van der Waals surface area (Å²) in [6.07, 6.45) is 1.54. The van der Waals surface area contributed by atoms with Crippen molar-refractivity contribution < 1.29 is 4.74 Å². The smallest absolute Gasteiger partial charge is 0.219 e. The van der Waals surface area contributed by atoms with Crippen molar-refractivity contribution >= 4 is 23.5 Å². The molecule has 0 radical (unpaired) electrons. The Morgan fingerprint density at radius 2 is 1.71 bits per heavy atom. The van der Waals surface area contributed by atoms with Gasteiger partial charge in [0.1, 0.15) is 0 Å². The van der Waals surface area contributed by atoms with E-state index in [1.54, 1.807) is 24.4 Å². The third-order valence-electron chi connectivity index (χ3n) is 2.49. The van der Waals surface area contributed by atoms with Crippen LogP contribution in [-0.4, -0.2) is 11.0 Å². The Labute approximate surface area is 105 Å². The topological polar surface area (TPSA) is 26.1 Å². The van der Waals surface area contributed by atoms with Crippen LogP contribution in [0.5, 0.6) is 0 Å².